The molecule has 0 saturated heterocycles. The molecule has 6 unspecified atom stereocenters. The SMILES string of the molecule is C=C(C(C)C)C(C)C(=O)OC(CC)C(C)(O)C(O)C(C)C(CCC)N=NC. The standard InChI is InChI=1S/C21H40N2O4/c1-10-12-17(23-22-9)16(7)19(24)21(8,26)18(11-2)27-20(25)15(6)14(5)13(3)4/h13,15-19,24,26H,5,10-12H2,1-4,6-9H3. The number of aliphatic hydroxyl groups is 2. The summed E-state index contributed by atoms with van der Waals surface area (Å²) >= 11 is 0. The maximum Gasteiger partial charge on any atom is 0.313 e. The first-order valence-electron chi connectivity index (χ1n) is 10.0. The molecule has 0 bridgehead atoms. The Morgan fingerprint density at radius 1 is 1.22 bits per heavy atom. The van der Waals surface area contributed by atoms with Crippen LogP contribution in [0.2, 0.25) is 0 Å². The highest BCUT2D eigenvalue weighted by molar-refractivity contribution is 5.75. The maximum atomic E-state index is 12.5. The van der Waals surface area contributed by atoms with Gasteiger partial charge in [-0.25, -0.2) is 0 Å². The number of rotatable bonds is 12. The van der Waals surface area contributed by atoms with E-state index in [1.54, 1.807) is 14.0 Å². The fraction of sp³-hybridized carbons (Fsp3) is 0.857. The van der Waals surface area contributed by atoms with Gasteiger partial charge in [0.25, 0.3) is 0 Å². The molecule has 2 N–H and O–H groups in total. The number of aliphatic hydroxyl groups excluding tert-OH is 1. The molecule has 6 atom stereocenters. The number of carbonyl (C=O) groups is 1. The smallest absolute Gasteiger partial charge is 0.313 e. The molecule has 0 fully saturated rings. The average Bonchev–Trinajstić information content (AvgIpc) is 2.62. The van der Waals surface area contributed by atoms with E-state index in [4.69, 9.17) is 4.74 Å². The van der Waals surface area contributed by atoms with Crippen LogP contribution in [0.25, 0.3) is 0 Å². The zero-order valence-electron chi connectivity index (χ0n) is 18.4. The Bertz CT molecular complexity index is 502. The summed E-state index contributed by atoms with van der Waals surface area (Å²) in [5.41, 5.74) is -0.812. The second-order valence-electron chi connectivity index (χ2n) is 7.99. The molecular weight excluding hydrogens is 344 g/mol. The van der Waals surface area contributed by atoms with Crippen LogP contribution in [0, 0.1) is 17.8 Å². The van der Waals surface area contributed by atoms with Crippen LogP contribution >= 0.6 is 0 Å². The number of esters is 1. The van der Waals surface area contributed by atoms with E-state index < -0.39 is 29.7 Å². The largest absolute Gasteiger partial charge is 0.459 e. The van der Waals surface area contributed by atoms with Gasteiger partial charge in [-0.3, -0.25) is 4.79 Å². The number of azo groups is 1. The van der Waals surface area contributed by atoms with Gasteiger partial charge in [-0.05, 0) is 32.6 Å². The Labute approximate surface area is 165 Å². The second kappa shape index (κ2) is 11.5. The van der Waals surface area contributed by atoms with Crippen LogP contribution < -0.4 is 0 Å². The van der Waals surface area contributed by atoms with Crippen molar-refractivity contribution < 1.29 is 19.7 Å². The molecule has 0 spiro atoms. The van der Waals surface area contributed by atoms with Crippen molar-refractivity contribution in [2.24, 2.45) is 28.0 Å². The minimum absolute atomic E-state index is 0.160. The van der Waals surface area contributed by atoms with Gasteiger partial charge in [0.2, 0.25) is 0 Å². The lowest BCUT2D eigenvalue weighted by Gasteiger charge is -2.40. The minimum Gasteiger partial charge on any atom is -0.459 e. The van der Waals surface area contributed by atoms with Crippen LogP contribution in [0.1, 0.15) is 67.7 Å². The van der Waals surface area contributed by atoms with Crippen molar-refractivity contribution in [1.82, 2.24) is 0 Å². The van der Waals surface area contributed by atoms with E-state index in [-0.39, 0.29) is 17.9 Å². The molecule has 27 heavy (non-hydrogen) atoms. The van der Waals surface area contributed by atoms with Crippen LogP contribution in [0.15, 0.2) is 22.4 Å². The van der Waals surface area contributed by atoms with Gasteiger partial charge in [0, 0.05) is 13.0 Å². The van der Waals surface area contributed by atoms with Crippen molar-refractivity contribution in [3.8, 4) is 0 Å². The van der Waals surface area contributed by atoms with E-state index in [1.165, 1.54) is 6.92 Å². The molecule has 0 aliphatic carbocycles. The molecule has 0 radical (unpaired) electrons. The van der Waals surface area contributed by atoms with E-state index in [9.17, 15) is 15.0 Å². The van der Waals surface area contributed by atoms with Crippen LogP contribution in [0.4, 0.5) is 0 Å². The van der Waals surface area contributed by atoms with Crippen LogP contribution in [0.5, 0.6) is 0 Å². The summed E-state index contributed by atoms with van der Waals surface area (Å²) in [6.45, 7) is 16.9. The van der Waals surface area contributed by atoms with Crippen molar-refractivity contribution in [3.63, 3.8) is 0 Å². The number of nitrogens with zero attached hydrogens (tertiary/aromatic N) is 2. The van der Waals surface area contributed by atoms with Gasteiger partial charge in [-0.1, -0.05) is 53.2 Å². The third kappa shape index (κ3) is 7.00. The highest BCUT2D eigenvalue weighted by Crippen LogP contribution is 2.31. The Morgan fingerprint density at radius 2 is 1.78 bits per heavy atom. The first kappa shape index (κ1) is 25.7. The molecule has 0 rings (SSSR count). The summed E-state index contributed by atoms with van der Waals surface area (Å²) in [5.74, 6) is -1.07. The van der Waals surface area contributed by atoms with E-state index in [0.717, 1.165) is 18.4 Å². The summed E-state index contributed by atoms with van der Waals surface area (Å²) < 4.78 is 5.60. The summed E-state index contributed by atoms with van der Waals surface area (Å²) in [5, 5.41) is 30.0. The van der Waals surface area contributed by atoms with Crippen LogP contribution in [-0.2, 0) is 9.53 Å². The van der Waals surface area contributed by atoms with Crippen molar-refractivity contribution >= 4 is 5.97 Å². The van der Waals surface area contributed by atoms with Gasteiger partial charge < -0.3 is 14.9 Å². The third-order valence-corrected chi connectivity index (χ3v) is 5.48. The molecule has 0 aliphatic rings. The Balaban J connectivity index is 5.36. The highest BCUT2D eigenvalue weighted by atomic mass is 16.6. The van der Waals surface area contributed by atoms with Gasteiger partial charge in [-0.15, -0.1) is 0 Å². The second-order valence-corrected chi connectivity index (χ2v) is 7.99. The average molecular weight is 385 g/mol. The van der Waals surface area contributed by atoms with Crippen molar-refractivity contribution in [1.29, 1.82) is 0 Å². The van der Waals surface area contributed by atoms with E-state index >= 15 is 0 Å². The summed E-state index contributed by atoms with van der Waals surface area (Å²) in [6, 6.07) is -0.200. The van der Waals surface area contributed by atoms with E-state index in [1.807, 2.05) is 34.6 Å². The topological polar surface area (TPSA) is 91.5 Å². The van der Waals surface area contributed by atoms with Crippen LogP contribution in [0.3, 0.4) is 0 Å². The number of hydrogen-bond donors (Lipinski definition) is 2. The van der Waals surface area contributed by atoms with Gasteiger partial charge in [-0.2, -0.15) is 10.2 Å². The lowest BCUT2D eigenvalue weighted by molar-refractivity contribution is -0.188. The monoisotopic (exact) mass is 384 g/mol. The van der Waals surface area contributed by atoms with Gasteiger partial charge in [0.1, 0.15) is 11.7 Å². The van der Waals surface area contributed by atoms with Crippen molar-refractivity contribution in [2.75, 3.05) is 7.05 Å². The number of hydrogen-bond acceptors (Lipinski definition) is 6. The molecule has 0 aromatic heterocycles. The van der Waals surface area contributed by atoms with Gasteiger partial charge in [0.15, 0.2) is 0 Å². The zero-order chi connectivity index (χ0) is 21.4. The predicted octanol–water partition coefficient (Wildman–Crippen LogP) is 4.16. The molecule has 6 nitrogen and oxygen atoms in total. The summed E-state index contributed by atoms with van der Waals surface area (Å²) in [6.07, 6.45) is 0.0979. The molecule has 0 heterocycles. The quantitative estimate of drug-likeness (QED) is 0.300. The first-order chi connectivity index (χ1) is 12.4. The normalized spacial score (nSPS) is 20.0. The number of carbonyl (C=O) groups excluding carboxylic acids is 1. The molecule has 158 valence electrons. The first-order valence-corrected chi connectivity index (χ1v) is 10.0. The lowest BCUT2D eigenvalue weighted by Crippen LogP contribution is -2.55. The molecule has 0 aliphatic heterocycles. The highest BCUT2D eigenvalue weighted by Gasteiger charge is 2.45. The molecule has 0 saturated carbocycles. The van der Waals surface area contributed by atoms with E-state index in [2.05, 4.69) is 16.8 Å². The number of ether oxygens (including phenoxy) is 1. The Hall–Kier alpha value is -1.27. The fourth-order valence-corrected chi connectivity index (χ4v) is 3.31. The van der Waals surface area contributed by atoms with Crippen molar-refractivity contribution in [2.45, 2.75) is 91.6 Å². The van der Waals surface area contributed by atoms with Crippen molar-refractivity contribution in [3.05, 3.63) is 12.2 Å². The summed E-state index contributed by atoms with van der Waals surface area (Å²) in [7, 11) is 1.60. The Kier molecular flexibility index (Phi) is 11.0. The molecule has 0 aromatic rings. The molecular formula is C21H40N2O4. The fourth-order valence-electron chi connectivity index (χ4n) is 3.31. The predicted molar refractivity (Wildman–Crippen MR) is 109 cm³/mol. The van der Waals surface area contributed by atoms with Gasteiger partial charge in [0.05, 0.1) is 18.1 Å². The lowest BCUT2D eigenvalue weighted by atomic mass is 9.80. The minimum atomic E-state index is -1.60. The van der Waals surface area contributed by atoms with Gasteiger partial charge >= 0.3 is 5.97 Å². The third-order valence-electron chi connectivity index (χ3n) is 5.48. The molecule has 0 amide bonds. The maximum absolute atomic E-state index is 12.5. The molecule has 6 heteroatoms. The molecule has 0 aromatic carbocycles. The van der Waals surface area contributed by atoms with Crippen LogP contribution in [-0.4, -0.2) is 47.1 Å². The Morgan fingerprint density at radius 3 is 2.19 bits per heavy atom. The summed E-state index contributed by atoms with van der Waals surface area (Å²) in [4.78, 5) is 12.5. The zero-order valence-corrected chi connectivity index (χ0v) is 18.4. The van der Waals surface area contributed by atoms with E-state index in [0.29, 0.717) is 6.42 Å².